The highest BCUT2D eigenvalue weighted by molar-refractivity contribution is 7.84. The lowest BCUT2D eigenvalue weighted by Crippen LogP contribution is -2.04. The van der Waals surface area contributed by atoms with Crippen molar-refractivity contribution < 1.29 is 13.3 Å². The highest BCUT2D eigenvalue weighted by Crippen LogP contribution is 2.25. The molecular weight excluding hydrogens is 277 g/mol. The molecule has 0 bridgehead atoms. The number of hydrogen-bond acceptors (Lipinski definition) is 3. The Balaban J connectivity index is 2.29. The zero-order valence-corrected chi connectivity index (χ0v) is 12.5. The Morgan fingerprint density at radius 1 is 1.35 bits per heavy atom. The molecule has 20 heavy (non-hydrogen) atoms. The number of benzene rings is 1. The van der Waals surface area contributed by atoms with Gasteiger partial charge in [-0.2, -0.15) is 0 Å². The van der Waals surface area contributed by atoms with E-state index in [-0.39, 0.29) is 11.6 Å². The van der Waals surface area contributed by atoms with Gasteiger partial charge in [0.2, 0.25) is 0 Å². The number of rotatable bonds is 4. The van der Waals surface area contributed by atoms with Gasteiger partial charge in [0, 0.05) is 22.2 Å². The third-order valence-electron chi connectivity index (χ3n) is 3.08. The Labute approximate surface area is 120 Å². The summed E-state index contributed by atoms with van der Waals surface area (Å²) in [6, 6.07) is 5.83. The molecule has 0 N–H and O–H groups in total. The molecule has 1 unspecified atom stereocenters. The fraction of sp³-hybridized carbons (Fsp3) is 0.267. The molecule has 0 radical (unpaired) electrons. The summed E-state index contributed by atoms with van der Waals surface area (Å²) in [5.41, 5.74) is 2.51. The molecule has 0 saturated carbocycles. The van der Waals surface area contributed by atoms with E-state index in [9.17, 15) is 8.60 Å². The van der Waals surface area contributed by atoms with Gasteiger partial charge in [-0.15, -0.1) is 0 Å². The molecule has 0 spiro atoms. The van der Waals surface area contributed by atoms with Gasteiger partial charge in [-0.05, 0) is 32.0 Å². The fourth-order valence-electron chi connectivity index (χ4n) is 2.03. The van der Waals surface area contributed by atoms with Crippen LogP contribution >= 0.6 is 0 Å². The van der Waals surface area contributed by atoms with Crippen LogP contribution < -0.4 is 4.74 Å². The van der Waals surface area contributed by atoms with Crippen LogP contribution in [-0.4, -0.2) is 16.3 Å². The summed E-state index contributed by atoms with van der Waals surface area (Å²) in [6.07, 6.45) is 1.70. The van der Waals surface area contributed by atoms with E-state index in [4.69, 9.17) is 4.74 Å². The topological polar surface area (TPSA) is 39.2 Å². The van der Waals surface area contributed by atoms with Crippen LogP contribution in [0.15, 0.2) is 35.4 Å². The van der Waals surface area contributed by atoms with Crippen LogP contribution in [0.1, 0.15) is 16.8 Å². The molecule has 1 heterocycles. The first-order chi connectivity index (χ1) is 9.52. The molecule has 0 aliphatic heterocycles. The van der Waals surface area contributed by atoms with E-state index in [1.54, 1.807) is 25.4 Å². The second-order valence-electron chi connectivity index (χ2n) is 4.49. The van der Waals surface area contributed by atoms with Crippen molar-refractivity contribution in [2.24, 2.45) is 0 Å². The zero-order valence-electron chi connectivity index (χ0n) is 11.6. The first kappa shape index (κ1) is 14.7. The van der Waals surface area contributed by atoms with E-state index >= 15 is 0 Å². The minimum Gasteiger partial charge on any atom is -0.496 e. The quantitative estimate of drug-likeness (QED) is 0.869. The normalized spacial score (nSPS) is 12.2. The molecule has 1 atom stereocenters. The van der Waals surface area contributed by atoms with Crippen molar-refractivity contribution in [1.29, 1.82) is 0 Å². The van der Waals surface area contributed by atoms with E-state index in [1.165, 1.54) is 12.1 Å². The number of methoxy groups -OCH3 is 1. The fourth-order valence-corrected chi connectivity index (χ4v) is 3.21. The molecule has 0 saturated heterocycles. The Morgan fingerprint density at radius 2 is 2.10 bits per heavy atom. The maximum absolute atomic E-state index is 13.1. The Bertz CT molecular complexity index is 658. The standard InChI is InChI=1S/C15H16FNO2S/c1-10-8-17-14(11(2)15(10)19-3)9-20(18)13-6-4-5-12(16)7-13/h4-8H,9H2,1-3H3. The van der Waals surface area contributed by atoms with Gasteiger partial charge in [-0.1, -0.05) is 6.07 Å². The highest BCUT2D eigenvalue weighted by atomic mass is 32.2. The van der Waals surface area contributed by atoms with Crippen LogP contribution in [-0.2, 0) is 16.6 Å². The molecule has 0 amide bonds. The van der Waals surface area contributed by atoms with Gasteiger partial charge in [0.15, 0.2) is 0 Å². The number of halogens is 1. The summed E-state index contributed by atoms with van der Waals surface area (Å²) in [6.45, 7) is 3.79. The van der Waals surface area contributed by atoms with Gasteiger partial charge >= 0.3 is 0 Å². The molecule has 5 heteroatoms. The summed E-state index contributed by atoms with van der Waals surface area (Å²) in [4.78, 5) is 4.77. The van der Waals surface area contributed by atoms with Crippen molar-refractivity contribution in [3.8, 4) is 5.75 Å². The van der Waals surface area contributed by atoms with Gasteiger partial charge < -0.3 is 4.74 Å². The van der Waals surface area contributed by atoms with Crippen LogP contribution in [0, 0.1) is 19.7 Å². The molecule has 2 aromatic rings. The van der Waals surface area contributed by atoms with Gasteiger partial charge in [-0.3, -0.25) is 9.19 Å². The van der Waals surface area contributed by atoms with Gasteiger partial charge in [-0.25, -0.2) is 4.39 Å². The van der Waals surface area contributed by atoms with E-state index in [0.29, 0.717) is 10.6 Å². The summed E-state index contributed by atoms with van der Waals surface area (Å²) in [7, 11) is 0.270. The van der Waals surface area contributed by atoms with E-state index in [0.717, 1.165) is 16.9 Å². The van der Waals surface area contributed by atoms with E-state index in [2.05, 4.69) is 4.98 Å². The molecule has 0 fully saturated rings. The van der Waals surface area contributed by atoms with Crippen LogP contribution in [0.3, 0.4) is 0 Å². The Hall–Kier alpha value is -1.75. The second-order valence-corrected chi connectivity index (χ2v) is 5.94. The molecule has 1 aromatic heterocycles. The molecular formula is C15H16FNO2S. The first-order valence-corrected chi connectivity index (χ1v) is 7.48. The molecule has 2 rings (SSSR count). The Kier molecular flexibility index (Phi) is 4.49. The van der Waals surface area contributed by atoms with Crippen LogP contribution in [0.2, 0.25) is 0 Å². The predicted molar refractivity (Wildman–Crippen MR) is 76.8 cm³/mol. The van der Waals surface area contributed by atoms with Crippen LogP contribution in [0.4, 0.5) is 4.39 Å². The third kappa shape index (κ3) is 3.04. The summed E-state index contributed by atoms with van der Waals surface area (Å²) in [5, 5.41) is 0. The average molecular weight is 293 g/mol. The van der Waals surface area contributed by atoms with Crippen LogP contribution in [0.25, 0.3) is 0 Å². The van der Waals surface area contributed by atoms with Crippen molar-refractivity contribution in [1.82, 2.24) is 4.98 Å². The highest BCUT2D eigenvalue weighted by Gasteiger charge is 2.13. The van der Waals surface area contributed by atoms with Crippen molar-refractivity contribution in [2.45, 2.75) is 24.5 Å². The molecule has 1 aromatic carbocycles. The monoisotopic (exact) mass is 293 g/mol. The smallest absolute Gasteiger partial charge is 0.128 e. The van der Waals surface area contributed by atoms with Crippen molar-refractivity contribution >= 4 is 10.8 Å². The number of hydrogen-bond donors (Lipinski definition) is 0. The summed E-state index contributed by atoms with van der Waals surface area (Å²) in [5.74, 6) is 0.611. The number of ether oxygens (including phenoxy) is 1. The lowest BCUT2D eigenvalue weighted by atomic mass is 10.1. The molecule has 3 nitrogen and oxygen atoms in total. The number of aromatic nitrogens is 1. The summed E-state index contributed by atoms with van der Waals surface area (Å²) < 4.78 is 30.7. The van der Waals surface area contributed by atoms with Crippen LogP contribution in [0.5, 0.6) is 5.75 Å². The second kappa shape index (κ2) is 6.13. The number of nitrogens with zero attached hydrogens (tertiary/aromatic N) is 1. The first-order valence-electron chi connectivity index (χ1n) is 6.16. The van der Waals surface area contributed by atoms with Gasteiger partial charge in [0.25, 0.3) is 0 Å². The average Bonchev–Trinajstić information content (AvgIpc) is 2.42. The Morgan fingerprint density at radius 3 is 2.75 bits per heavy atom. The van der Waals surface area contributed by atoms with Crippen molar-refractivity contribution in [2.75, 3.05) is 7.11 Å². The number of pyridine rings is 1. The SMILES string of the molecule is COc1c(C)cnc(CS(=O)c2cccc(F)c2)c1C. The van der Waals surface area contributed by atoms with E-state index in [1.807, 2.05) is 13.8 Å². The van der Waals surface area contributed by atoms with Gasteiger partial charge in [0.1, 0.15) is 11.6 Å². The maximum Gasteiger partial charge on any atom is 0.128 e. The summed E-state index contributed by atoms with van der Waals surface area (Å²) >= 11 is 0. The molecule has 106 valence electrons. The lowest BCUT2D eigenvalue weighted by molar-refractivity contribution is 0.407. The predicted octanol–water partition coefficient (Wildman–Crippen LogP) is 3.15. The molecule has 0 aliphatic rings. The minimum atomic E-state index is -1.33. The third-order valence-corrected chi connectivity index (χ3v) is 4.39. The minimum absolute atomic E-state index is 0.242. The van der Waals surface area contributed by atoms with Crippen molar-refractivity contribution in [3.05, 3.63) is 53.1 Å². The zero-order chi connectivity index (χ0) is 14.7. The largest absolute Gasteiger partial charge is 0.496 e. The lowest BCUT2D eigenvalue weighted by Gasteiger charge is -2.12. The maximum atomic E-state index is 13.1. The van der Waals surface area contributed by atoms with Crippen molar-refractivity contribution in [3.63, 3.8) is 0 Å². The van der Waals surface area contributed by atoms with E-state index < -0.39 is 10.8 Å². The number of aryl methyl sites for hydroxylation is 1. The molecule has 0 aliphatic carbocycles. The van der Waals surface area contributed by atoms with Gasteiger partial charge in [0.05, 0.1) is 29.4 Å².